The van der Waals surface area contributed by atoms with Crippen LogP contribution in [0.1, 0.15) is 71.3 Å². The molecule has 12 nitrogen and oxygen atoms in total. The largest absolute Gasteiger partial charge is 0.737 e. The molecule has 0 saturated heterocycles. The number of carbonyl (C=O) groups excluding carboxylic acids is 5. The third-order valence-electron chi connectivity index (χ3n) is 8.45. The van der Waals surface area contributed by atoms with Crippen molar-refractivity contribution >= 4 is 60.2 Å². The van der Waals surface area contributed by atoms with E-state index in [-0.39, 0.29) is 43.4 Å². The summed E-state index contributed by atoms with van der Waals surface area (Å²) >= 11 is 1.05. The van der Waals surface area contributed by atoms with E-state index in [1.807, 2.05) is 0 Å². The number of aromatic nitrogens is 1. The van der Waals surface area contributed by atoms with Crippen LogP contribution in [0.5, 0.6) is 0 Å². The van der Waals surface area contributed by atoms with Crippen LogP contribution >= 0.6 is 11.8 Å². The molecular formula is C33H47BF2N4O8S. The molecular weight excluding hydrogens is 661 g/mol. The number of hydrogen-bond donors (Lipinski definition) is 2. The molecule has 0 unspecified atom stereocenters. The van der Waals surface area contributed by atoms with E-state index < -0.39 is 59.4 Å². The number of allylic oxidation sites excluding steroid dienone is 2. The number of carbonyl (C=O) groups is 5. The lowest BCUT2D eigenvalue weighted by atomic mass is 9.90. The summed E-state index contributed by atoms with van der Waals surface area (Å²) in [4.78, 5) is 65.0. The highest BCUT2D eigenvalue weighted by molar-refractivity contribution is 8.00. The number of rotatable bonds is 16. The van der Waals surface area contributed by atoms with Crippen LogP contribution in [0.2, 0.25) is 0 Å². The van der Waals surface area contributed by atoms with Gasteiger partial charge in [0.15, 0.2) is 11.6 Å². The Hall–Kier alpha value is -3.95. The molecule has 1 aromatic heterocycles. The highest BCUT2D eigenvalue weighted by Gasteiger charge is 2.52. The maximum absolute atomic E-state index is 15.9. The van der Waals surface area contributed by atoms with Crippen LogP contribution in [-0.4, -0.2) is 94.3 Å². The van der Waals surface area contributed by atoms with Gasteiger partial charge in [-0.1, -0.05) is 13.8 Å². The fourth-order valence-electron chi connectivity index (χ4n) is 5.96. The van der Waals surface area contributed by atoms with Gasteiger partial charge in [0.2, 0.25) is 11.8 Å². The Balaban J connectivity index is 1.85. The molecule has 0 aromatic carbocycles. The van der Waals surface area contributed by atoms with E-state index in [2.05, 4.69) is 10.6 Å². The molecule has 270 valence electrons. The van der Waals surface area contributed by atoms with Gasteiger partial charge >= 0.3 is 24.9 Å². The number of ether oxygens (including phenoxy) is 3. The Labute approximate surface area is 290 Å². The van der Waals surface area contributed by atoms with Gasteiger partial charge in [0.1, 0.15) is 17.8 Å². The van der Waals surface area contributed by atoms with Crippen LogP contribution in [0, 0.1) is 25.7 Å². The van der Waals surface area contributed by atoms with Crippen LogP contribution in [-0.2, 0) is 38.2 Å². The Morgan fingerprint density at radius 2 is 1.61 bits per heavy atom. The van der Waals surface area contributed by atoms with E-state index in [1.54, 1.807) is 79.7 Å². The van der Waals surface area contributed by atoms with Crippen molar-refractivity contribution in [2.45, 2.75) is 85.1 Å². The number of amides is 2. The normalized spacial score (nSPS) is 16.1. The number of hydrogen-bond acceptors (Lipinski definition) is 9. The van der Waals surface area contributed by atoms with Crippen molar-refractivity contribution < 1.29 is 51.3 Å². The van der Waals surface area contributed by atoms with Crippen molar-refractivity contribution in [2.75, 3.05) is 26.1 Å². The molecule has 16 heteroatoms. The van der Waals surface area contributed by atoms with Crippen LogP contribution in [0.3, 0.4) is 0 Å². The first-order valence-electron chi connectivity index (χ1n) is 16.3. The summed E-state index contributed by atoms with van der Waals surface area (Å²) in [7, 11) is 1.19. The number of aryl methyl sites for hydroxylation is 2. The Morgan fingerprint density at radius 1 is 1.00 bits per heavy atom. The molecule has 3 rings (SSSR count). The maximum atomic E-state index is 15.9. The summed E-state index contributed by atoms with van der Waals surface area (Å²) in [6, 6.07) is -0.571. The van der Waals surface area contributed by atoms with Crippen LogP contribution in [0.25, 0.3) is 6.08 Å². The fraction of sp³-hybridized carbons (Fsp3) is 0.576. The Bertz CT molecular complexity index is 1550. The molecule has 0 radical (unpaired) electrons. The zero-order valence-corrected chi connectivity index (χ0v) is 30.4. The van der Waals surface area contributed by atoms with Crippen molar-refractivity contribution in [1.82, 2.24) is 15.1 Å². The second-order valence-electron chi connectivity index (χ2n) is 12.8. The topological polar surface area (TPSA) is 145 Å². The van der Waals surface area contributed by atoms with Crippen molar-refractivity contribution in [1.29, 1.82) is 0 Å². The minimum atomic E-state index is -4.22. The first-order chi connectivity index (χ1) is 22.9. The van der Waals surface area contributed by atoms with Crippen LogP contribution in [0.4, 0.5) is 8.63 Å². The number of halogens is 2. The van der Waals surface area contributed by atoms with Gasteiger partial charge < -0.3 is 42.4 Å². The molecule has 2 aliphatic rings. The molecule has 2 aliphatic heterocycles. The van der Waals surface area contributed by atoms with E-state index in [4.69, 9.17) is 14.2 Å². The first-order valence-corrected chi connectivity index (χ1v) is 17.3. The van der Waals surface area contributed by atoms with Crippen molar-refractivity contribution in [3.8, 4) is 0 Å². The predicted molar refractivity (Wildman–Crippen MR) is 183 cm³/mol. The third kappa shape index (κ3) is 8.81. The van der Waals surface area contributed by atoms with Crippen molar-refractivity contribution in [3.63, 3.8) is 0 Å². The van der Waals surface area contributed by atoms with E-state index >= 15 is 8.63 Å². The number of fused-ring (bicyclic) bond motifs is 2. The van der Waals surface area contributed by atoms with E-state index in [0.717, 1.165) is 26.3 Å². The van der Waals surface area contributed by atoms with E-state index in [1.165, 1.54) is 7.11 Å². The second-order valence-corrected chi connectivity index (χ2v) is 14.5. The van der Waals surface area contributed by atoms with Crippen LogP contribution in [0.15, 0.2) is 23.9 Å². The average Bonchev–Trinajstić information content (AvgIpc) is 3.56. The lowest BCUT2D eigenvalue weighted by Gasteiger charge is -2.32. The maximum Gasteiger partial charge on any atom is 0.737 e. The molecule has 2 N–H and O–H groups in total. The predicted octanol–water partition coefficient (Wildman–Crippen LogP) is 3.54. The highest BCUT2D eigenvalue weighted by Crippen LogP contribution is 2.36. The SMILES string of the molecule is CCOC(=O)C(C(=O)OCC)C(C)(C)SC[C@H](NC(=O)CCC1=[N+]2C(=Cc3c(C)cc(C)n3[B-]2(F)F)C=C1)C(=O)N[C@H](C(=O)OC)C(C)C. The van der Waals surface area contributed by atoms with Crippen molar-refractivity contribution in [3.05, 3.63) is 40.9 Å². The molecule has 0 aliphatic carbocycles. The first kappa shape index (κ1) is 39.5. The van der Waals surface area contributed by atoms with Gasteiger partial charge in [-0.05, 0) is 64.8 Å². The monoisotopic (exact) mass is 708 g/mol. The molecule has 3 heterocycles. The fourth-order valence-corrected chi connectivity index (χ4v) is 7.15. The Kier molecular flexibility index (Phi) is 13.0. The number of nitrogens with zero attached hydrogens (tertiary/aromatic N) is 2. The molecule has 0 spiro atoms. The zero-order valence-electron chi connectivity index (χ0n) is 29.6. The molecule has 2 atom stereocenters. The number of esters is 3. The van der Waals surface area contributed by atoms with Gasteiger partial charge in [-0.2, -0.15) is 11.8 Å². The molecule has 1 aromatic rings. The molecule has 2 amide bonds. The van der Waals surface area contributed by atoms with Gasteiger partial charge in [-0.15, -0.1) is 0 Å². The highest BCUT2D eigenvalue weighted by atomic mass is 32.2. The van der Waals surface area contributed by atoms with E-state index in [0.29, 0.717) is 17.1 Å². The summed E-state index contributed by atoms with van der Waals surface area (Å²) in [6.45, 7) is 9.11. The van der Waals surface area contributed by atoms with Gasteiger partial charge in [-0.3, -0.25) is 19.2 Å². The second kappa shape index (κ2) is 16.2. The summed E-state index contributed by atoms with van der Waals surface area (Å²) in [5, 5.41) is 5.30. The molecule has 0 fully saturated rings. The lowest BCUT2D eigenvalue weighted by Crippen LogP contribution is -2.55. The minimum Gasteiger partial charge on any atom is -0.467 e. The van der Waals surface area contributed by atoms with Crippen LogP contribution < -0.4 is 10.6 Å². The summed E-state index contributed by atoms with van der Waals surface area (Å²) < 4.78 is 47.7. The van der Waals surface area contributed by atoms with Gasteiger partial charge in [0.05, 0.1) is 20.3 Å². The van der Waals surface area contributed by atoms with Gasteiger partial charge in [0.25, 0.3) is 0 Å². The smallest absolute Gasteiger partial charge is 0.467 e. The van der Waals surface area contributed by atoms with Gasteiger partial charge in [0, 0.05) is 47.3 Å². The molecule has 0 bridgehead atoms. The van der Waals surface area contributed by atoms with Gasteiger partial charge in [-0.25, -0.2) is 4.79 Å². The average molecular weight is 709 g/mol. The molecule has 0 saturated carbocycles. The number of thioether (sulfide) groups is 1. The number of nitrogens with one attached hydrogen (secondary N) is 2. The number of methoxy groups -OCH3 is 1. The summed E-state index contributed by atoms with van der Waals surface area (Å²) in [5.74, 6) is -5.41. The summed E-state index contributed by atoms with van der Waals surface area (Å²) in [6.07, 6.45) is 4.55. The standard InChI is InChI=1S/C33H47BF2N4O8S/c1-10-47-30(43)27(31(44)48-11-2)33(7,8)49-18-24(29(42)38-28(19(3)4)32(45)46-9)37-26(41)15-14-22-12-13-23-17-25-20(5)16-21(6)39(25)34(35,36)40(22)23/h12-13,16-17,19,24,27-28H,10-11,14-15,18H2,1-9H3,(H,37,41)(H,38,42)/t24-,28-/m0/s1. The Morgan fingerprint density at radius 3 is 2.16 bits per heavy atom. The molecule has 49 heavy (non-hydrogen) atoms. The lowest BCUT2D eigenvalue weighted by molar-refractivity contribution is -0.362. The quantitative estimate of drug-likeness (QED) is 0.114. The van der Waals surface area contributed by atoms with Crippen molar-refractivity contribution in [2.24, 2.45) is 11.8 Å². The minimum absolute atomic E-state index is 0.0303. The van der Waals surface area contributed by atoms with E-state index in [9.17, 15) is 24.0 Å². The zero-order chi connectivity index (χ0) is 36.8. The summed E-state index contributed by atoms with van der Waals surface area (Å²) in [5.41, 5.74) is 2.17. The third-order valence-corrected chi connectivity index (χ3v) is 9.93.